The summed E-state index contributed by atoms with van der Waals surface area (Å²) < 4.78 is 86.9. The van der Waals surface area contributed by atoms with Crippen LogP contribution in [0.4, 0.5) is 0 Å². The average molecular weight is 555 g/mol. The second kappa shape index (κ2) is 10.8. The molecular weight excluding hydrogens is 534 g/mol. The summed E-state index contributed by atoms with van der Waals surface area (Å²) in [6, 6.07) is -1.83. The Bertz CT molecular complexity index is 1060. The summed E-state index contributed by atoms with van der Waals surface area (Å²) in [5, 5.41) is 50.9. The number of rotatable bonds is 9. The van der Waals surface area contributed by atoms with E-state index in [9.17, 15) is 46.9 Å². The lowest BCUT2D eigenvalue weighted by Crippen LogP contribution is -2.67. The Morgan fingerprint density at radius 1 is 1.03 bits per heavy atom. The molecule has 0 aromatic carbocycles. The molecular formula is C14H21NO18S2. The molecule has 0 aromatic heterocycles. The molecule has 2 heterocycles. The van der Waals surface area contributed by atoms with Crippen molar-refractivity contribution in [2.24, 2.45) is 0 Å². The lowest BCUT2D eigenvalue weighted by atomic mass is 9.96. The third-order valence-corrected chi connectivity index (χ3v) is 5.42. The molecule has 2 aliphatic heterocycles. The van der Waals surface area contributed by atoms with Crippen LogP contribution < -0.4 is 5.32 Å². The Morgan fingerprint density at radius 2 is 1.57 bits per heavy atom. The van der Waals surface area contributed by atoms with Crippen LogP contribution in [0, 0.1) is 0 Å². The van der Waals surface area contributed by atoms with Gasteiger partial charge in [0.2, 0.25) is 18.0 Å². The molecule has 0 radical (unpaired) electrons. The second-order valence-corrected chi connectivity index (χ2v) is 9.10. The Morgan fingerprint density at radius 3 is 2.03 bits per heavy atom. The number of carboxylic acid groups (broad SMARTS) is 1. The highest BCUT2D eigenvalue weighted by Crippen LogP contribution is 2.33. The first-order chi connectivity index (χ1) is 15.9. The molecule has 202 valence electrons. The number of aliphatic carboxylic acids is 1. The van der Waals surface area contributed by atoms with E-state index in [0.717, 1.165) is 6.92 Å². The minimum atomic E-state index is -5.44. The minimum Gasteiger partial charge on any atom is -0.506 e. The fourth-order valence-corrected chi connectivity index (χ4v) is 4.21. The van der Waals surface area contributed by atoms with Crippen LogP contribution >= 0.6 is 0 Å². The van der Waals surface area contributed by atoms with Crippen LogP contribution in [0.1, 0.15) is 6.92 Å². The Balaban J connectivity index is 2.59. The molecule has 8 N–H and O–H groups in total. The molecule has 0 aliphatic carbocycles. The fourth-order valence-electron chi connectivity index (χ4n) is 3.21. The molecule has 1 amide bonds. The third-order valence-electron chi connectivity index (χ3n) is 4.49. The third kappa shape index (κ3) is 7.40. The first kappa shape index (κ1) is 29.1. The Hall–Kier alpha value is -2.18. The van der Waals surface area contributed by atoms with Crippen molar-refractivity contribution < 1.29 is 83.6 Å². The highest BCUT2D eigenvalue weighted by Gasteiger charge is 2.53. The van der Waals surface area contributed by atoms with Crippen LogP contribution in [-0.4, -0.2) is 119 Å². The number of nitrogens with one attached hydrogen (secondary N) is 1. The highest BCUT2D eigenvalue weighted by molar-refractivity contribution is 7.81. The number of ether oxygens (including phenoxy) is 3. The summed E-state index contributed by atoms with van der Waals surface area (Å²) in [6.07, 6.45) is -15.6. The fraction of sp³-hybridized carbons (Fsp3) is 0.714. The van der Waals surface area contributed by atoms with E-state index in [4.69, 9.17) is 28.4 Å². The maximum Gasteiger partial charge on any atom is 0.397 e. The van der Waals surface area contributed by atoms with Crippen LogP contribution in [0.25, 0.3) is 0 Å². The van der Waals surface area contributed by atoms with Crippen molar-refractivity contribution in [3.63, 3.8) is 0 Å². The van der Waals surface area contributed by atoms with Gasteiger partial charge in [-0.3, -0.25) is 13.9 Å². The average Bonchev–Trinajstić information content (AvgIpc) is 2.69. The van der Waals surface area contributed by atoms with E-state index in [1.807, 2.05) is 0 Å². The van der Waals surface area contributed by atoms with Gasteiger partial charge in [-0.25, -0.2) is 13.2 Å². The van der Waals surface area contributed by atoms with Crippen molar-refractivity contribution in [3.05, 3.63) is 11.5 Å². The van der Waals surface area contributed by atoms with E-state index in [1.165, 1.54) is 0 Å². The Kier molecular flexibility index (Phi) is 8.99. The molecule has 19 nitrogen and oxygen atoms in total. The summed E-state index contributed by atoms with van der Waals surface area (Å²) >= 11 is 0. The monoisotopic (exact) mass is 555 g/mol. The number of carboxylic acids is 1. The normalized spacial score (nSPS) is 34.2. The number of aliphatic hydroxyl groups is 4. The maximum atomic E-state index is 11.6. The zero-order valence-electron chi connectivity index (χ0n) is 17.3. The minimum absolute atomic E-state index is 0.890. The van der Waals surface area contributed by atoms with Gasteiger partial charge >= 0.3 is 26.8 Å². The van der Waals surface area contributed by atoms with Crippen LogP contribution in [0.3, 0.4) is 0 Å². The van der Waals surface area contributed by atoms with Crippen LogP contribution in [0.2, 0.25) is 0 Å². The molecule has 35 heavy (non-hydrogen) atoms. The number of carbonyl (C=O) groups excluding carboxylic acids is 1. The summed E-state index contributed by atoms with van der Waals surface area (Å²) in [5.74, 6) is -5.76. The van der Waals surface area contributed by atoms with Crippen LogP contribution in [0.15, 0.2) is 11.5 Å². The largest absolute Gasteiger partial charge is 0.506 e. The quantitative estimate of drug-likeness (QED) is 0.124. The van der Waals surface area contributed by atoms with E-state index in [1.54, 1.807) is 0 Å². The van der Waals surface area contributed by atoms with Gasteiger partial charge in [0.15, 0.2) is 18.2 Å². The smallest absolute Gasteiger partial charge is 0.397 e. The van der Waals surface area contributed by atoms with Gasteiger partial charge in [-0.1, -0.05) is 0 Å². The number of hydrogen-bond acceptors (Lipinski definition) is 15. The first-order valence-corrected chi connectivity index (χ1v) is 11.9. The molecule has 1 fully saturated rings. The van der Waals surface area contributed by atoms with E-state index < -0.39 is 99.9 Å². The lowest BCUT2D eigenvalue weighted by Gasteiger charge is -2.45. The van der Waals surface area contributed by atoms with Gasteiger partial charge in [0.1, 0.15) is 30.5 Å². The summed E-state index contributed by atoms with van der Waals surface area (Å²) in [7, 11) is -10.8. The second-order valence-electron chi connectivity index (χ2n) is 7.00. The summed E-state index contributed by atoms with van der Waals surface area (Å²) in [6.45, 7) is -0.168. The van der Waals surface area contributed by atoms with Gasteiger partial charge in [-0.15, -0.1) is 0 Å². The number of aliphatic hydroxyl groups excluding tert-OH is 4. The van der Waals surface area contributed by atoms with Crippen molar-refractivity contribution in [2.75, 3.05) is 6.61 Å². The Labute approximate surface area is 196 Å². The predicted octanol–water partition coefficient (Wildman–Crippen LogP) is -4.47. The van der Waals surface area contributed by atoms with E-state index in [-0.39, 0.29) is 0 Å². The molecule has 1 unspecified atom stereocenters. The predicted molar refractivity (Wildman–Crippen MR) is 101 cm³/mol. The summed E-state index contributed by atoms with van der Waals surface area (Å²) in [4.78, 5) is 23.0. The van der Waals surface area contributed by atoms with Gasteiger partial charge in [0.25, 0.3) is 0 Å². The topological polar surface area (TPSA) is 302 Å². The molecule has 0 saturated carbocycles. The van der Waals surface area contributed by atoms with Crippen molar-refractivity contribution in [1.82, 2.24) is 5.32 Å². The van der Waals surface area contributed by atoms with Gasteiger partial charge in [0.05, 0.1) is 6.61 Å². The first-order valence-electron chi connectivity index (χ1n) is 9.14. The molecule has 21 heteroatoms. The molecule has 0 bridgehead atoms. The SMILES string of the molecule is CC(=O)N[C@H]1C(O)O[C@H](CO)[C@H](OS(=O)(=O)O)[C@@H]1O[C@@H]1OC(C(=O)O)=C(O)[C@H](O)[C@H]1OS(=O)(=O)O. The van der Waals surface area contributed by atoms with Crippen LogP contribution in [0.5, 0.6) is 0 Å². The summed E-state index contributed by atoms with van der Waals surface area (Å²) in [5.41, 5.74) is 0. The standard InChI is InChI=1S/C14H21NO18S2/c1-3(17)15-5-9(8(32-34(23,24)25)4(2-16)29-13(5)22)30-14-11(33-35(26,27)28)7(19)6(18)10(31-14)12(20)21/h4-5,7-9,11,13-14,16,18-19,22H,2H2,1H3,(H,15,17)(H,20,21)(H,23,24,25)(H,26,27,28)/t4-,5-,7+,8+,9-,11-,13?,14-/m1/s1. The van der Waals surface area contributed by atoms with Crippen molar-refractivity contribution in [3.8, 4) is 0 Å². The number of carbonyl (C=O) groups is 2. The molecule has 2 rings (SSSR count). The zero-order valence-corrected chi connectivity index (χ0v) is 18.9. The molecule has 8 atom stereocenters. The van der Waals surface area contributed by atoms with Gasteiger partial charge < -0.3 is 45.1 Å². The van der Waals surface area contributed by atoms with Crippen molar-refractivity contribution >= 4 is 32.7 Å². The molecule has 2 aliphatic rings. The van der Waals surface area contributed by atoms with Gasteiger partial charge in [-0.2, -0.15) is 16.8 Å². The molecule has 0 aromatic rings. The molecule has 0 spiro atoms. The number of hydrogen-bond donors (Lipinski definition) is 8. The highest BCUT2D eigenvalue weighted by atomic mass is 32.3. The van der Waals surface area contributed by atoms with E-state index in [2.05, 4.69) is 13.7 Å². The molecule has 1 saturated heterocycles. The van der Waals surface area contributed by atoms with E-state index >= 15 is 0 Å². The van der Waals surface area contributed by atoms with Gasteiger partial charge in [-0.05, 0) is 0 Å². The van der Waals surface area contributed by atoms with Crippen LogP contribution in [-0.2, 0) is 53.0 Å². The van der Waals surface area contributed by atoms with Gasteiger partial charge in [0, 0.05) is 6.92 Å². The number of amides is 1. The van der Waals surface area contributed by atoms with Crippen molar-refractivity contribution in [2.45, 2.75) is 56.1 Å². The van der Waals surface area contributed by atoms with E-state index in [0.29, 0.717) is 0 Å². The zero-order chi connectivity index (χ0) is 26.9. The maximum absolute atomic E-state index is 11.6. The lowest BCUT2D eigenvalue weighted by molar-refractivity contribution is -0.298. The van der Waals surface area contributed by atoms with Crippen molar-refractivity contribution in [1.29, 1.82) is 0 Å².